The van der Waals surface area contributed by atoms with Gasteiger partial charge in [-0.25, -0.2) is 0 Å². The Bertz CT molecular complexity index is 679. The zero-order valence-electron chi connectivity index (χ0n) is 13.7. The number of rotatable bonds is 6. The molecule has 1 aliphatic heterocycles. The molecule has 1 amide bonds. The molecule has 2 rings (SSSR count). The van der Waals surface area contributed by atoms with Crippen LogP contribution < -0.4 is 5.32 Å². The highest BCUT2D eigenvalue weighted by atomic mass is 32.2. The zero-order valence-corrected chi connectivity index (χ0v) is 14.6. The third-order valence-corrected chi connectivity index (χ3v) is 4.99. The van der Waals surface area contributed by atoms with Crippen molar-refractivity contribution in [2.24, 2.45) is 5.92 Å². The zero-order chi connectivity index (χ0) is 17.5. The molecule has 0 aromatic heterocycles. The fraction of sp³-hybridized carbons (Fsp3) is 0.389. The number of methoxy groups -OCH3 is 1. The van der Waals surface area contributed by atoms with E-state index in [9.17, 15) is 14.9 Å². The standard InChI is InChI=1S/C18H20N2O3S/c1-3-4-10-24-17-13(11-19)14(12-8-6-5-7-9-12)15(16(21)20-17)18(22)23-2/h5-9,14-15H,3-4,10H2,1-2H3,(H,20,21)/t14-,15+/m0/s1. The van der Waals surface area contributed by atoms with Crippen LogP contribution in [-0.2, 0) is 14.3 Å². The Morgan fingerprint density at radius 3 is 2.67 bits per heavy atom. The fourth-order valence-electron chi connectivity index (χ4n) is 2.66. The number of nitriles is 1. The molecular weight excluding hydrogens is 324 g/mol. The van der Waals surface area contributed by atoms with Gasteiger partial charge in [-0.15, -0.1) is 11.8 Å². The normalized spacial score (nSPS) is 20.3. The molecule has 1 aromatic carbocycles. The van der Waals surface area contributed by atoms with Gasteiger partial charge in [0.25, 0.3) is 0 Å². The van der Waals surface area contributed by atoms with Crippen LogP contribution in [0.5, 0.6) is 0 Å². The SMILES string of the molecule is CCCCSC1=C(C#N)[C@H](c2ccccc2)[C@@H](C(=O)OC)C(=O)N1. The average Bonchev–Trinajstić information content (AvgIpc) is 2.61. The first-order chi connectivity index (χ1) is 11.6. The Labute approximate surface area is 146 Å². The second-order valence-corrected chi connectivity index (χ2v) is 6.54. The lowest BCUT2D eigenvalue weighted by Gasteiger charge is -2.30. The minimum absolute atomic E-state index is 0.414. The second-order valence-electron chi connectivity index (χ2n) is 5.44. The molecule has 1 heterocycles. The van der Waals surface area contributed by atoms with Crippen LogP contribution in [0.1, 0.15) is 31.2 Å². The monoisotopic (exact) mass is 344 g/mol. The highest BCUT2D eigenvalue weighted by Gasteiger charge is 2.44. The van der Waals surface area contributed by atoms with Crippen LogP contribution in [0.4, 0.5) is 0 Å². The highest BCUT2D eigenvalue weighted by molar-refractivity contribution is 8.03. The minimum atomic E-state index is -1.05. The van der Waals surface area contributed by atoms with Crippen LogP contribution in [0.25, 0.3) is 0 Å². The molecule has 0 bridgehead atoms. The van der Waals surface area contributed by atoms with Gasteiger partial charge >= 0.3 is 5.97 Å². The molecule has 0 radical (unpaired) electrons. The lowest BCUT2D eigenvalue weighted by Crippen LogP contribution is -2.44. The summed E-state index contributed by atoms with van der Waals surface area (Å²) in [4.78, 5) is 24.7. The van der Waals surface area contributed by atoms with Gasteiger partial charge in [0, 0.05) is 5.92 Å². The molecular formula is C18H20N2O3S. The number of nitrogens with zero attached hydrogens (tertiary/aromatic N) is 1. The number of carbonyl (C=O) groups excluding carboxylic acids is 2. The number of hydrogen-bond donors (Lipinski definition) is 1. The van der Waals surface area contributed by atoms with Gasteiger partial charge in [0.1, 0.15) is 5.92 Å². The number of esters is 1. The summed E-state index contributed by atoms with van der Waals surface area (Å²) in [6, 6.07) is 11.4. The Kier molecular flexibility index (Phi) is 6.44. The maximum Gasteiger partial charge on any atom is 0.319 e. The van der Waals surface area contributed by atoms with Gasteiger partial charge in [0.2, 0.25) is 5.91 Å². The summed E-state index contributed by atoms with van der Waals surface area (Å²) < 4.78 is 4.80. The van der Waals surface area contributed by atoms with E-state index in [2.05, 4.69) is 18.3 Å². The Balaban J connectivity index is 2.49. The summed E-state index contributed by atoms with van der Waals surface area (Å²) in [5, 5.41) is 13.0. The first kappa shape index (κ1) is 18.1. The highest BCUT2D eigenvalue weighted by Crippen LogP contribution is 2.40. The van der Waals surface area contributed by atoms with Crippen LogP contribution in [0, 0.1) is 17.2 Å². The van der Waals surface area contributed by atoms with Crippen molar-refractivity contribution in [1.29, 1.82) is 5.26 Å². The number of unbranched alkanes of at least 4 members (excludes halogenated alkanes) is 1. The van der Waals surface area contributed by atoms with Gasteiger partial charge in [-0.05, 0) is 17.7 Å². The number of hydrogen-bond acceptors (Lipinski definition) is 5. The molecule has 0 saturated carbocycles. The Hall–Kier alpha value is -2.26. The van der Waals surface area contributed by atoms with E-state index in [4.69, 9.17) is 4.74 Å². The molecule has 0 aliphatic carbocycles. The summed E-state index contributed by atoms with van der Waals surface area (Å²) in [7, 11) is 1.25. The molecule has 1 aromatic rings. The second kappa shape index (κ2) is 8.55. The van der Waals surface area contributed by atoms with E-state index >= 15 is 0 Å². The number of ether oxygens (including phenoxy) is 1. The summed E-state index contributed by atoms with van der Waals surface area (Å²) in [5.41, 5.74) is 1.17. The molecule has 126 valence electrons. The van der Waals surface area contributed by atoms with E-state index in [1.54, 1.807) is 0 Å². The van der Waals surface area contributed by atoms with Crippen molar-refractivity contribution in [3.8, 4) is 6.07 Å². The quantitative estimate of drug-likeness (QED) is 0.487. The predicted octanol–water partition coefficient (Wildman–Crippen LogP) is 2.96. The number of carbonyl (C=O) groups is 2. The van der Waals surface area contributed by atoms with E-state index in [0.717, 1.165) is 24.2 Å². The van der Waals surface area contributed by atoms with Crippen molar-refractivity contribution >= 4 is 23.6 Å². The van der Waals surface area contributed by atoms with E-state index in [1.807, 2.05) is 30.3 Å². The Morgan fingerprint density at radius 2 is 2.08 bits per heavy atom. The summed E-state index contributed by atoms with van der Waals surface area (Å²) in [5.74, 6) is -1.92. The van der Waals surface area contributed by atoms with Crippen molar-refractivity contribution in [1.82, 2.24) is 5.32 Å². The molecule has 1 aliphatic rings. The van der Waals surface area contributed by atoms with Crippen LogP contribution in [0.3, 0.4) is 0 Å². The van der Waals surface area contributed by atoms with Gasteiger partial charge in [-0.2, -0.15) is 5.26 Å². The molecule has 0 saturated heterocycles. The first-order valence-corrected chi connectivity index (χ1v) is 8.83. The van der Waals surface area contributed by atoms with Gasteiger partial charge in [-0.1, -0.05) is 43.7 Å². The van der Waals surface area contributed by atoms with E-state index in [1.165, 1.54) is 18.9 Å². The van der Waals surface area contributed by atoms with Gasteiger partial charge < -0.3 is 10.1 Å². The summed E-state index contributed by atoms with van der Waals surface area (Å²) in [6.07, 6.45) is 2.02. The number of amides is 1. The maximum atomic E-state index is 12.5. The van der Waals surface area contributed by atoms with Crippen LogP contribution in [-0.4, -0.2) is 24.7 Å². The van der Waals surface area contributed by atoms with Gasteiger partial charge in [0.15, 0.2) is 0 Å². The summed E-state index contributed by atoms with van der Waals surface area (Å²) in [6.45, 7) is 2.08. The van der Waals surface area contributed by atoms with Gasteiger partial charge in [-0.3, -0.25) is 9.59 Å². The molecule has 1 N–H and O–H groups in total. The molecule has 6 heteroatoms. The lowest BCUT2D eigenvalue weighted by molar-refractivity contribution is -0.150. The minimum Gasteiger partial charge on any atom is -0.468 e. The molecule has 0 fully saturated rings. The summed E-state index contributed by atoms with van der Waals surface area (Å²) >= 11 is 1.45. The van der Waals surface area contributed by atoms with Crippen molar-refractivity contribution in [2.75, 3.05) is 12.9 Å². The lowest BCUT2D eigenvalue weighted by atomic mass is 9.78. The number of benzene rings is 1. The fourth-order valence-corrected chi connectivity index (χ4v) is 3.80. The largest absolute Gasteiger partial charge is 0.468 e. The van der Waals surface area contributed by atoms with Crippen LogP contribution in [0.15, 0.2) is 40.9 Å². The van der Waals surface area contributed by atoms with Gasteiger partial charge in [0.05, 0.1) is 23.8 Å². The van der Waals surface area contributed by atoms with Crippen LogP contribution in [0.2, 0.25) is 0 Å². The smallest absolute Gasteiger partial charge is 0.319 e. The molecule has 2 atom stereocenters. The Morgan fingerprint density at radius 1 is 1.38 bits per heavy atom. The van der Waals surface area contributed by atoms with E-state index < -0.39 is 23.7 Å². The third-order valence-electron chi connectivity index (χ3n) is 3.89. The van der Waals surface area contributed by atoms with Crippen molar-refractivity contribution < 1.29 is 14.3 Å². The third kappa shape index (κ3) is 3.80. The molecule has 5 nitrogen and oxygen atoms in total. The van der Waals surface area contributed by atoms with Crippen molar-refractivity contribution in [3.63, 3.8) is 0 Å². The number of thioether (sulfide) groups is 1. The van der Waals surface area contributed by atoms with Crippen molar-refractivity contribution in [3.05, 3.63) is 46.5 Å². The first-order valence-electron chi connectivity index (χ1n) is 7.84. The van der Waals surface area contributed by atoms with E-state index in [-0.39, 0.29) is 0 Å². The van der Waals surface area contributed by atoms with E-state index in [0.29, 0.717) is 10.6 Å². The molecule has 24 heavy (non-hydrogen) atoms. The number of nitrogens with one attached hydrogen (secondary N) is 1. The maximum absolute atomic E-state index is 12.5. The number of allylic oxidation sites excluding steroid dienone is 1. The molecule has 0 spiro atoms. The predicted molar refractivity (Wildman–Crippen MR) is 92.8 cm³/mol. The van der Waals surface area contributed by atoms with Crippen molar-refractivity contribution in [2.45, 2.75) is 25.7 Å². The average molecular weight is 344 g/mol. The topological polar surface area (TPSA) is 79.2 Å². The van der Waals surface area contributed by atoms with Crippen LogP contribution >= 0.6 is 11.8 Å². The molecule has 0 unspecified atom stereocenters.